The van der Waals surface area contributed by atoms with Crippen LogP contribution in [-0.2, 0) is 4.79 Å². The SMILES string of the molecule is CC(C(=O)O)n1ccc(C(=O)N2CCN(C)CC2)n1. The topological polar surface area (TPSA) is 78.7 Å². The van der Waals surface area contributed by atoms with Gasteiger partial charge in [-0.1, -0.05) is 0 Å². The van der Waals surface area contributed by atoms with Crippen LogP contribution >= 0.6 is 0 Å². The highest BCUT2D eigenvalue weighted by Crippen LogP contribution is 2.09. The third kappa shape index (κ3) is 2.93. The molecule has 19 heavy (non-hydrogen) atoms. The van der Waals surface area contributed by atoms with Crippen LogP contribution in [0.15, 0.2) is 12.3 Å². The Bertz CT molecular complexity index is 477. The van der Waals surface area contributed by atoms with E-state index in [0.717, 1.165) is 13.1 Å². The van der Waals surface area contributed by atoms with E-state index in [1.165, 1.54) is 17.8 Å². The molecular weight excluding hydrogens is 248 g/mol. The number of carboxylic acids is 1. The summed E-state index contributed by atoms with van der Waals surface area (Å²) in [5.74, 6) is -1.11. The fourth-order valence-corrected chi connectivity index (χ4v) is 1.95. The summed E-state index contributed by atoms with van der Waals surface area (Å²) in [6.45, 7) is 4.57. The van der Waals surface area contributed by atoms with Gasteiger partial charge in [0.25, 0.3) is 5.91 Å². The van der Waals surface area contributed by atoms with Gasteiger partial charge in [-0.15, -0.1) is 0 Å². The summed E-state index contributed by atoms with van der Waals surface area (Å²) < 4.78 is 1.30. The Labute approximate surface area is 111 Å². The van der Waals surface area contributed by atoms with Crippen LogP contribution < -0.4 is 0 Å². The monoisotopic (exact) mass is 266 g/mol. The predicted octanol–water partition coefficient (Wildman–Crippen LogP) is -0.0837. The van der Waals surface area contributed by atoms with E-state index >= 15 is 0 Å². The minimum atomic E-state index is -0.971. The molecule has 1 fully saturated rings. The van der Waals surface area contributed by atoms with E-state index in [4.69, 9.17) is 5.11 Å². The number of aromatic nitrogens is 2. The molecule has 0 radical (unpaired) electrons. The summed E-state index contributed by atoms with van der Waals surface area (Å²) in [7, 11) is 2.02. The molecule has 1 aliphatic heterocycles. The molecule has 1 N–H and O–H groups in total. The fraction of sp³-hybridized carbons (Fsp3) is 0.583. The quantitative estimate of drug-likeness (QED) is 0.827. The van der Waals surface area contributed by atoms with Crippen LogP contribution in [0.25, 0.3) is 0 Å². The van der Waals surface area contributed by atoms with E-state index in [1.807, 2.05) is 7.05 Å². The van der Waals surface area contributed by atoms with Crippen molar-refractivity contribution >= 4 is 11.9 Å². The van der Waals surface area contributed by atoms with E-state index < -0.39 is 12.0 Å². The molecule has 104 valence electrons. The van der Waals surface area contributed by atoms with Crippen molar-refractivity contribution in [3.8, 4) is 0 Å². The molecule has 0 saturated carbocycles. The number of hydrogen-bond donors (Lipinski definition) is 1. The summed E-state index contributed by atoms with van der Waals surface area (Å²) in [5, 5.41) is 13.0. The average Bonchev–Trinajstić information content (AvgIpc) is 2.87. The zero-order chi connectivity index (χ0) is 14.0. The van der Waals surface area contributed by atoms with E-state index in [2.05, 4.69) is 10.00 Å². The standard InChI is InChI=1S/C12H18N4O3/c1-9(12(18)19)16-4-3-10(13-16)11(17)15-7-5-14(2)6-8-15/h3-4,9H,5-8H2,1-2H3,(H,18,19). The molecule has 2 rings (SSSR count). The lowest BCUT2D eigenvalue weighted by molar-refractivity contribution is -0.140. The Kier molecular flexibility index (Phi) is 3.84. The zero-order valence-electron chi connectivity index (χ0n) is 11.1. The molecule has 0 aliphatic carbocycles. The molecule has 7 nitrogen and oxygen atoms in total. The number of piperazine rings is 1. The van der Waals surface area contributed by atoms with Crippen molar-refractivity contribution in [2.75, 3.05) is 33.2 Å². The smallest absolute Gasteiger partial charge is 0.328 e. The molecule has 0 aromatic carbocycles. The van der Waals surface area contributed by atoms with Gasteiger partial charge in [-0.3, -0.25) is 9.48 Å². The highest BCUT2D eigenvalue weighted by atomic mass is 16.4. The summed E-state index contributed by atoms with van der Waals surface area (Å²) in [4.78, 5) is 27.0. The van der Waals surface area contributed by atoms with Gasteiger partial charge in [0, 0.05) is 32.4 Å². The van der Waals surface area contributed by atoms with Gasteiger partial charge in [0.1, 0.15) is 11.7 Å². The van der Waals surface area contributed by atoms with Crippen LogP contribution in [0.5, 0.6) is 0 Å². The Hall–Kier alpha value is -1.89. The van der Waals surface area contributed by atoms with Crippen molar-refractivity contribution in [1.29, 1.82) is 0 Å². The molecule has 1 aromatic rings. The minimum Gasteiger partial charge on any atom is -0.480 e. The maximum atomic E-state index is 12.2. The molecule has 1 aromatic heterocycles. The largest absolute Gasteiger partial charge is 0.480 e. The van der Waals surface area contributed by atoms with Gasteiger partial charge in [-0.2, -0.15) is 5.10 Å². The van der Waals surface area contributed by atoms with Gasteiger partial charge in [-0.25, -0.2) is 4.79 Å². The van der Waals surface area contributed by atoms with Crippen molar-refractivity contribution in [2.24, 2.45) is 0 Å². The fourth-order valence-electron chi connectivity index (χ4n) is 1.95. The second-order valence-electron chi connectivity index (χ2n) is 4.79. The third-order valence-corrected chi connectivity index (χ3v) is 3.37. The van der Waals surface area contributed by atoms with Crippen molar-refractivity contribution in [1.82, 2.24) is 19.6 Å². The molecule has 0 spiro atoms. The molecule has 1 amide bonds. The number of likely N-dealkylation sites (N-methyl/N-ethyl adjacent to an activating group) is 1. The number of rotatable bonds is 3. The molecular formula is C12H18N4O3. The second-order valence-corrected chi connectivity index (χ2v) is 4.79. The van der Waals surface area contributed by atoms with Crippen LogP contribution in [0.3, 0.4) is 0 Å². The maximum absolute atomic E-state index is 12.2. The number of amides is 1. The van der Waals surface area contributed by atoms with E-state index in [1.54, 1.807) is 11.0 Å². The van der Waals surface area contributed by atoms with Crippen LogP contribution in [0, 0.1) is 0 Å². The minimum absolute atomic E-state index is 0.135. The first kappa shape index (κ1) is 13.5. The molecule has 2 heterocycles. The van der Waals surface area contributed by atoms with Crippen LogP contribution in [-0.4, -0.2) is 69.8 Å². The molecule has 7 heteroatoms. The highest BCUT2D eigenvalue weighted by Gasteiger charge is 2.23. The molecule has 0 bridgehead atoms. The Morgan fingerprint density at radius 1 is 1.32 bits per heavy atom. The van der Waals surface area contributed by atoms with Gasteiger partial charge in [-0.05, 0) is 20.0 Å². The van der Waals surface area contributed by atoms with Gasteiger partial charge in [0.15, 0.2) is 0 Å². The molecule has 1 aliphatic rings. The summed E-state index contributed by atoms with van der Waals surface area (Å²) in [6.07, 6.45) is 1.53. The molecule has 1 atom stereocenters. The van der Waals surface area contributed by atoms with E-state index in [0.29, 0.717) is 18.8 Å². The van der Waals surface area contributed by atoms with Crippen molar-refractivity contribution in [3.05, 3.63) is 18.0 Å². The Balaban J connectivity index is 2.06. The number of carbonyl (C=O) groups excluding carboxylic acids is 1. The van der Waals surface area contributed by atoms with Gasteiger partial charge < -0.3 is 14.9 Å². The van der Waals surface area contributed by atoms with E-state index in [-0.39, 0.29) is 5.91 Å². The lowest BCUT2D eigenvalue weighted by Crippen LogP contribution is -2.47. The first-order chi connectivity index (χ1) is 8.99. The Morgan fingerprint density at radius 2 is 1.95 bits per heavy atom. The third-order valence-electron chi connectivity index (χ3n) is 3.37. The molecule has 1 saturated heterocycles. The lowest BCUT2D eigenvalue weighted by atomic mass is 10.3. The summed E-state index contributed by atoms with van der Waals surface area (Å²) in [5.41, 5.74) is 0.303. The highest BCUT2D eigenvalue weighted by molar-refractivity contribution is 5.92. The summed E-state index contributed by atoms with van der Waals surface area (Å²) in [6, 6.07) is 0.800. The average molecular weight is 266 g/mol. The number of hydrogen-bond acceptors (Lipinski definition) is 4. The first-order valence-corrected chi connectivity index (χ1v) is 6.25. The van der Waals surface area contributed by atoms with Crippen molar-refractivity contribution < 1.29 is 14.7 Å². The van der Waals surface area contributed by atoms with Gasteiger partial charge >= 0.3 is 5.97 Å². The van der Waals surface area contributed by atoms with Crippen LogP contribution in [0.4, 0.5) is 0 Å². The number of aliphatic carboxylic acids is 1. The van der Waals surface area contributed by atoms with Crippen LogP contribution in [0.1, 0.15) is 23.5 Å². The van der Waals surface area contributed by atoms with Crippen LogP contribution in [0.2, 0.25) is 0 Å². The first-order valence-electron chi connectivity index (χ1n) is 6.25. The number of carboxylic acid groups (broad SMARTS) is 1. The van der Waals surface area contributed by atoms with Gasteiger partial charge in [0.05, 0.1) is 0 Å². The predicted molar refractivity (Wildman–Crippen MR) is 68.0 cm³/mol. The zero-order valence-corrected chi connectivity index (χ0v) is 11.1. The Morgan fingerprint density at radius 3 is 2.53 bits per heavy atom. The van der Waals surface area contributed by atoms with Gasteiger partial charge in [0.2, 0.25) is 0 Å². The van der Waals surface area contributed by atoms with E-state index in [9.17, 15) is 9.59 Å². The lowest BCUT2D eigenvalue weighted by Gasteiger charge is -2.31. The maximum Gasteiger partial charge on any atom is 0.328 e. The van der Waals surface area contributed by atoms with Crippen molar-refractivity contribution in [2.45, 2.75) is 13.0 Å². The molecule has 1 unspecified atom stereocenters. The van der Waals surface area contributed by atoms with Crippen molar-refractivity contribution in [3.63, 3.8) is 0 Å². The second kappa shape index (κ2) is 5.40. The number of nitrogens with zero attached hydrogens (tertiary/aromatic N) is 4. The number of carbonyl (C=O) groups is 2. The summed E-state index contributed by atoms with van der Waals surface area (Å²) >= 11 is 0. The normalized spacial score (nSPS) is 18.3.